The van der Waals surface area contributed by atoms with Crippen LogP contribution in [0, 0.1) is 0 Å². The molecule has 2 aromatic heterocycles. The molecular formula is C28H22ClN3O3. The molecule has 0 saturated carbocycles. The number of rotatable bonds is 1. The second-order valence-corrected chi connectivity index (χ2v) is 8.99. The van der Waals surface area contributed by atoms with Gasteiger partial charge in [0.15, 0.2) is 5.60 Å². The fourth-order valence-electron chi connectivity index (χ4n) is 4.74. The van der Waals surface area contributed by atoms with Crippen molar-refractivity contribution < 1.29 is 14.0 Å². The quantitative estimate of drug-likeness (QED) is 0.356. The van der Waals surface area contributed by atoms with Gasteiger partial charge in [-0.25, -0.2) is 4.98 Å². The number of H-pyrrole nitrogens is 1. The first-order chi connectivity index (χ1) is 18.2. The van der Waals surface area contributed by atoms with Crippen LogP contribution in [0.1, 0.15) is 26.5 Å². The van der Waals surface area contributed by atoms with Crippen LogP contribution in [-0.4, -0.2) is 26.2 Å². The zero-order valence-electron chi connectivity index (χ0n) is 21.5. The first-order valence-corrected chi connectivity index (χ1v) is 11.5. The lowest BCUT2D eigenvalue weighted by Crippen LogP contribution is -2.29. The van der Waals surface area contributed by atoms with Gasteiger partial charge < -0.3 is 19.4 Å². The van der Waals surface area contributed by atoms with Gasteiger partial charge in [-0.3, -0.25) is 4.79 Å². The summed E-state index contributed by atoms with van der Waals surface area (Å²) in [6.45, 7) is -2.36. The molecule has 174 valence electrons. The Kier molecular flexibility index (Phi) is 4.28. The third-order valence-corrected chi connectivity index (χ3v) is 6.87. The molecule has 1 atom stereocenters. The third kappa shape index (κ3) is 3.45. The summed E-state index contributed by atoms with van der Waals surface area (Å²) in [7, 11) is 0. The number of nitrogens with zero attached hydrogens (tertiary/aromatic N) is 2. The van der Waals surface area contributed by atoms with Crippen LogP contribution in [0.5, 0.6) is 5.75 Å². The van der Waals surface area contributed by atoms with Gasteiger partial charge in [0.2, 0.25) is 0 Å². The molecule has 6 bridgehead atoms. The van der Waals surface area contributed by atoms with Gasteiger partial charge in [-0.15, -0.1) is 0 Å². The van der Waals surface area contributed by atoms with E-state index < -0.39 is 18.1 Å². The van der Waals surface area contributed by atoms with Crippen molar-refractivity contribution in [2.75, 3.05) is 6.61 Å². The fourth-order valence-corrected chi connectivity index (χ4v) is 4.91. The number of ether oxygens (including phenoxy) is 1. The topological polar surface area (TPSA) is 80.1 Å². The van der Waals surface area contributed by atoms with Crippen LogP contribution in [0.15, 0.2) is 84.0 Å². The van der Waals surface area contributed by atoms with Gasteiger partial charge in [-0.1, -0.05) is 48.0 Å². The lowest BCUT2D eigenvalue weighted by molar-refractivity contribution is 0.121. The molecule has 1 aliphatic heterocycles. The molecule has 3 heterocycles. The van der Waals surface area contributed by atoms with Crippen molar-refractivity contribution in [2.24, 2.45) is 6.98 Å². The number of hydrogen-bond donors (Lipinski definition) is 2. The number of nitrogens with one attached hydrogen (secondary N) is 1. The number of benzene rings is 3. The van der Waals surface area contributed by atoms with Gasteiger partial charge in [0, 0.05) is 29.0 Å². The van der Waals surface area contributed by atoms with Crippen LogP contribution in [0.2, 0.25) is 5.02 Å². The SMILES string of the molecule is [2H]C([2H])([2H])n1c(=O)cc2c3cc(ccc31)[C@@](O)(c1cnc[nH]1)c1ccc(Cl)c(c1)OCCc1cccc-2c1. The van der Waals surface area contributed by atoms with Crippen molar-refractivity contribution in [1.29, 1.82) is 0 Å². The molecule has 2 N–H and O–H groups in total. The Morgan fingerprint density at radius 2 is 2.00 bits per heavy atom. The number of aliphatic hydroxyl groups is 1. The fraction of sp³-hybridized carbons (Fsp3) is 0.143. The van der Waals surface area contributed by atoms with E-state index in [1.807, 2.05) is 24.3 Å². The van der Waals surface area contributed by atoms with Crippen molar-refractivity contribution in [3.8, 4) is 16.9 Å². The van der Waals surface area contributed by atoms with Crippen LogP contribution in [-0.2, 0) is 19.0 Å². The second-order valence-electron chi connectivity index (χ2n) is 8.58. The van der Waals surface area contributed by atoms with E-state index >= 15 is 0 Å². The smallest absolute Gasteiger partial charge is 0.251 e. The highest BCUT2D eigenvalue weighted by Gasteiger charge is 2.36. The van der Waals surface area contributed by atoms with Gasteiger partial charge in [0.1, 0.15) is 5.75 Å². The van der Waals surface area contributed by atoms with Crippen LogP contribution in [0.4, 0.5) is 0 Å². The maximum atomic E-state index is 13.1. The van der Waals surface area contributed by atoms with Gasteiger partial charge in [0.05, 0.1) is 35.4 Å². The van der Waals surface area contributed by atoms with Crippen LogP contribution >= 0.6 is 11.6 Å². The minimum absolute atomic E-state index is 0.237. The molecule has 7 heteroatoms. The van der Waals surface area contributed by atoms with Crippen molar-refractivity contribution in [3.63, 3.8) is 0 Å². The van der Waals surface area contributed by atoms with Crippen LogP contribution in [0.25, 0.3) is 22.0 Å². The molecule has 3 aromatic carbocycles. The zero-order chi connectivity index (χ0) is 26.7. The van der Waals surface area contributed by atoms with E-state index in [1.54, 1.807) is 36.4 Å². The normalized spacial score (nSPS) is 18.9. The second kappa shape index (κ2) is 8.12. The van der Waals surface area contributed by atoms with Gasteiger partial charge >= 0.3 is 0 Å². The lowest BCUT2D eigenvalue weighted by Gasteiger charge is -2.29. The molecule has 0 saturated heterocycles. The maximum Gasteiger partial charge on any atom is 0.251 e. The molecule has 0 aliphatic carbocycles. The van der Waals surface area contributed by atoms with Crippen LogP contribution < -0.4 is 10.3 Å². The van der Waals surface area contributed by atoms with Gasteiger partial charge in [-0.05, 0) is 52.1 Å². The van der Waals surface area contributed by atoms with E-state index in [0.29, 0.717) is 51.6 Å². The number of aromatic amines is 1. The summed E-state index contributed by atoms with van der Waals surface area (Å²) in [6, 6.07) is 19.0. The Hall–Kier alpha value is -3.87. The summed E-state index contributed by atoms with van der Waals surface area (Å²) in [5.41, 5.74) is 1.47. The predicted octanol–water partition coefficient (Wildman–Crippen LogP) is 4.80. The largest absolute Gasteiger partial charge is 0.492 e. The number of pyridine rings is 1. The Morgan fingerprint density at radius 1 is 1.14 bits per heavy atom. The lowest BCUT2D eigenvalue weighted by atomic mass is 9.82. The average molecular weight is 487 g/mol. The minimum Gasteiger partial charge on any atom is -0.492 e. The maximum absolute atomic E-state index is 13.1. The number of fused-ring (bicyclic) bond motifs is 6. The zero-order valence-corrected chi connectivity index (χ0v) is 19.2. The molecule has 0 unspecified atom stereocenters. The molecule has 1 aliphatic rings. The van der Waals surface area contributed by atoms with Crippen LogP contribution in [0.3, 0.4) is 0 Å². The molecule has 5 aromatic rings. The molecule has 0 radical (unpaired) electrons. The molecule has 0 amide bonds. The Labute approximate surface area is 210 Å². The van der Waals surface area contributed by atoms with E-state index in [-0.39, 0.29) is 5.52 Å². The highest BCUT2D eigenvalue weighted by molar-refractivity contribution is 6.32. The highest BCUT2D eigenvalue weighted by atomic mass is 35.5. The summed E-state index contributed by atoms with van der Waals surface area (Å²) < 4.78 is 30.9. The van der Waals surface area contributed by atoms with Crippen molar-refractivity contribution >= 4 is 22.5 Å². The Bertz CT molecular complexity index is 1750. The van der Waals surface area contributed by atoms with Gasteiger partial charge in [-0.2, -0.15) is 0 Å². The summed E-state index contributed by atoms with van der Waals surface area (Å²) in [5.74, 6) is 0.424. The number of aryl methyl sites for hydroxylation is 1. The van der Waals surface area contributed by atoms with Crippen molar-refractivity contribution in [2.45, 2.75) is 12.0 Å². The molecule has 0 spiro atoms. The van der Waals surface area contributed by atoms with E-state index in [4.69, 9.17) is 20.5 Å². The highest BCUT2D eigenvalue weighted by Crippen LogP contribution is 2.41. The monoisotopic (exact) mass is 486 g/mol. The molecular weight excluding hydrogens is 462 g/mol. The third-order valence-electron chi connectivity index (χ3n) is 6.56. The van der Waals surface area contributed by atoms with E-state index in [2.05, 4.69) is 9.97 Å². The van der Waals surface area contributed by atoms with E-state index in [0.717, 1.165) is 15.7 Å². The Morgan fingerprint density at radius 3 is 2.83 bits per heavy atom. The molecule has 6 nitrogen and oxygen atoms in total. The standard InChI is InChI=1S/C28H22ClN3O3/c1-32-24-8-6-19-12-22(24)21(14-27(32)33)18-4-2-3-17(11-18)9-10-35-25-13-20(5-7-23(25)29)28(19,34)26-15-30-16-31-26/h2-8,11-16,34H,9-10H2,1H3,(H,30,31)/t28-/m0/s1/i1D3. The van der Waals surface area contributed by atoms with E-state index in [9.17, 15) is 9.90 Å². The number of halogens is 1. The minimum atomic E-state index is -2.69. The average Bonchev–Trinajstić information content (AvgIpc) is 3.43. The number of imidazole rings is 1. The summed E-state index contributed by atoms with van der Waals surface area (Å²) in [4.78, 5) is 20.2. The molecule has 6 rings (SSSR count). The first-order valence-electron chi connectivity index (χ1n) is 12.6. The summed E-state index contributed by atoms with van der Waals surface area (Å²) >= 11 is 6.45. The molecule has 0 fully saturated rings. The number of hydrogen-bond acceptors (Lipinski definition) is 4. The summed E-state index contributed by atoms with van der Waals surface area (Å²) in [5, 5.41) is 13.3. The van der Waals surface area contributed by atoms with Gasteiger partial charge in [0.25, 0.3) is 5.56 Å². The van der Waals surface area contributed by atoms with Crippen molar-refractivity contribution in [3.05, 3.63) is 117 Å². The Balaban J connectivity index is 1.75. The molecule has 35 heavy (non-hydrogen) atoms. The number of aromatic nitrogens is 3. The van der Waals surface area contributed by atoms with E-state index in [1.165, 1.54) is 18.6 Å². The predicted molar refractivity (Wildman–Crippen MR) is 136 cm³/mol. The summed E-state index contributed by atoms with van der Waals surface area (Å²) in [6.07, 6.45) is 3.56. The van der Waals surface area contributed by atoms with Crippen molar-refractivity contribution in [1.82, 2.24) is 14.5 Å². The first kappa shape index (κ1) is 18.5.